The summed E-state index contributed by atoms with van der Waals surface area (Å²) >= 11 is 0. The van der Waals surface area contributed by atoms with E-state index in [0.717, 1.165) is 12.8 Å². The number of benzene rings is 1. The minimum absolute atomic E-state index is 0.0451. The Hall–Kier alpha value is -1.88. The minimum atomic E-state index is -0.360. The Kier molecular flexibility index (Phi) is 6.56. The molecule has 0 atom stereocenters. The number of nitrogens with two attached hydrogens (primary N) is 1. The van der Waals surface area contributed by atoms with Crippen molar-refractivity contribution in [3.05, 3.63) is 29.8 Å². The summed E-state index contributed by atoms with van der Waals surface area (Å²) in [6.45, 7) is 8.11. The molecule has 0 bridgehead atoms. The molecule has 0 fully saturated rings. The first-order valence-corrected chi connectivity index (χ1v) is 7.81. The Morgan fingerprint density at radius 3 is 2.09 bits per heavy atom. The van der Waals surface area contributed by atoms with E-state index in [-0.39, 0.29) is 23.3 Å². The predicted octanol–water partition coefficient (Wildman–Crippen LogP) is 2.53. The van der Waals surface area contributed by atoms with E-state index < -0.39 is 0 Å². The van der Waals surface area contributed by atoms with Crippen LogP contribution >= 0.6 is 0 Å². The molecule has 0 aliphatic rings. The predicted molar refractivity (Wildman–Crippen MR) is 89.7 cm³/mol. The molecule has 122 valence electrons. The minimum Gasteiger partial charge on any atom is -0.345 e. The lowest BCUT2D eigenvalue weighted by Gasteiger charge is -2.31. The molecule has 0 aliphatic carbocycles. The fraction of sp³-hybridized carbons (Fsp3) is 0.529. The summed E-state index contributed by atoms with van der Waals surface area (Å²) in [5.41, 5.74) is 6.68. The van der Waals surface area contributed by atoms with Crippen molar-refractivity contribution in [2.45, 2.75) is 46.1 Å². The largest absolute Gasteiger partial charge is 0.345 e. The smallest absolute Gasteiger partial charge is 0.251 e. The lowest BCUT2D eigenvalue weighted by molar-refractivity contribution is -0.118. The Balaban J connectivity index is 2.78. The molecule has 2 amide bonds. The highest BCUT2D eigenvalue weighted by molar-refractivity contribution is 5.96. The average Bonchev–Trinajstić information content (AvgIpc) is 2.53. The van der Waals surface area contributed by atoms with Gasteiger partial charge < -0.3 is 16.4 Å². The van der Waals surface area contributed by atoms with Crippen molar-refractivity contribution < 1.29 is 9.59 Å². The maximum atomic E-state index is 12.3. The van der Waals surface area contributed by atoms with E-state index in [1.165, 1.54) is 0 Å². The van der Waals surface area contributed by atoms with Crippen LogP contribution in [-0.4, -0.2) is 23.9 Å². The highest BCUT2D eigenvalue weighted by atomic mass is 16.2. The summed E-state index contributed by atoms with van der Waals surface area (Å²) in [5, 5.41) is 5.82. The molecule has 0 aromatic heterocycles. The first kappa shape index (κ1) is 18.2. The summed E-state index contributed by atoms with van der Waals surface area (Å²) in [7, 11) is 0. The van der Waals surface area contributed by atoms with Crippen LogP contribution in [0, 0.1) is 5.92 Å². The van der Waals surface area contributed by atoms with E-state index in [1.54, 1.807) is 24.3 Å². The summed E-state index contributed by atoms with van der Waals surface area (Å²) < 4.78 is 0. The normalized spacial score (nSPS) is 11.4. The second-order valence-corrected chi connectivity index (χ2v) is 5.87. The van der Waals surface area contributed by atoms with Gasteiger partial charge in [-0.2, -0.15) is 0 Å². The van der Waals surface area contributed by atoms with Crippen LogP contribution in [0.1, 0.15) is 50.9 Å². The van der Waals surface area contributed by atoms with Crippen molar-refractivity contribution >= 4 is 17.5 Å². The monoisotopic (exact) mass is 305 g/mol. The molecule has 1 rings (SSSR count). The van der Waals surface area contributed by atoms with Crippen molar-refractivity contribution in [3.63, 3.8) is 0 Å². The molecule has 0 heterocycles. The third-order valence-corrected chi connectivity index (χ3v) is 4.06. The van der Waals surface area contributed by atoms with Gasteiger partial charge in [0.05, 0.1) is 5.54 Å². The number of anilines is 1. The highest BCUT2D eigenvalue weighted by Crippen LogP contribution is 2.16. The van der Waals surface area contributed by atoms with Crippen molar-refractivity contribution in [1.29, 1.82) is 0 Å². The van der Waals surface area contributed by atoms with Gasteiger partial charge in [0.25, 0.3) is 5.91 Å². The van der Waals surface area contributed by atoms with Gasteiger partial charge in [0, 0.05) is 23.7 Å². The maximum Gasteiger partial charge on any atom is 0.251 e. The van der Waals surface area contributed by atoms with Crippen molar-refractivity contribution in [3.8, 4) is 0 Å². The Morgan fingerprint density at radius 2 is 1.68 bits per heavy atom. The van der Waals surface area contributed by atoms with Gasteiger partial charge in [0.2, 0.25) is 5.91 Å². The number of amides is 2. The molecule has 0 radical (unpaired) electrons. The summed E-state index contributed by atoms with van der Waals surface area (Å²) in [5.74, 6) is -0.269. The van der Waals surface area contributed by atoms with Crippen molar-refractivity contribution in [1.82, 2.24) is 5.32 Å². The number of hydrogen-bond donors (Lipinski definition) is 3. The number of carbonyl (C=O) groups excluding carboxylic acids is 2. The fourth-order valence-electron chi connectivity index (χ4n) is 2.07. The quantitative estimate of drug-likeness (QED) is 0.723. The zero-order chi connectivity index (χ0) is 16.8. The molecule has 1 aromatic rings. The van der Waals surface area contributed by atoms with Crippen molar-refractivity contribution in [2.24, 2.45) is 11.7 Å². The Labute approximate surface area is 132 Å². The molecule has 5 heteroatoms. The van der Waals surface area contributed by atoms with E-state index in [9.17, 15) is 9.59 Å². The molecular weight excluding hydrogens is 278 g/mol. The molecular formula is C17H27N3O2. The molecule has 1 aromatic carbocycles. The van der Waals surface area contributed by atoms with Crippen LogP contribution in [0.2, 0.25) is 0 Å². The van der Waals surface area contributed by atoms with Gasteiger partial charge in [-0.25, -0.2) is 0 Å². The van der Waals surface area contributed by atoms with Crippen LogP contribution in [0.5, 0.6) is 0 Å². The average molecular weight is 305 g/mol. The molecule has 0 saturated carbocycles. The van der Waals surface area contributed by atoms with E-state index in [4.69, 9.17) is 5.73 Å². The van der Waals surface area contributed by atoms with Gasteiger partial charge in [-0.05, 0) is 37.1 Å². The topological polar surface area (TPSA) is 84.2 Å². The van der Waals surface area contributed by atoms with Crippen molar-refractivity contribution in [2.75, 3.05) is 11.9 Å². The SMILES string of the molecule is CCC(CC)(CN)NC(=O)c1ccc(NC(=O)C(C)C)cc1. The zero-order valence-corrected chi connectivity index (χ0v) is 13.9. The lowest BCUT2D eigenvalue weighted by atomic mass is 9.92. The fourth-order valence-corrected chi connectivity index (χ4v) is 2.07. The van der Waals surface area contributed by atoms with Gasteiger partial charge in [-0.15, -0.1) is 0 Å². The van der Waals surface area contributed by atoms with E-state index in [2.05, 4.69) is 10.6 Å². The number of rotatable bonds is 7. The number of carbonyl (C=O) groups is 2. The van der Waals surface area contributed by atoms with Crippen LogP contribution in [0.4, 0.5) is 5.69 Å². The first-order valence-electron chi connectivity index (χ1n) is 7.81. The van der Waals surface area contributed by atoms with Crippen LogP contribution in [0.3, 0.4) is 0 Å². The standard InChI is InChI=1S/C17H27N3O2/c1-5-17(6-2,11-18)20-16(22)13-7-9-14(10-8-13)19-15(21)12(3)4/h7-10,12H,5-6,11,18H2,1-4H3,(H,19,21)(H,20,22). The van der Waals surface area contributed by atoms with E-state index >= 15 is 0 Å². The molecule has 22 heavy (non-hydrogen) atoms. The lowest BCUT2D eigenvalue weighted by Crippen LogP contribution is -2.52. The molecule has 0 spiro atoms. The molecule has 4 N–H and O–H groups in total. The van der Waals surface area contributed by atoms with Gasteiger partial charge in [0.15, 0.2) is 0 Å². The summed E-state index contributed by atoms with van der Waals surface area (Å²) in [4.78, 5) is 24.0. The van der Waals surface area contributed by atoms with Crippen LogP contribution in [0.15, 0.2) is 24.3 Å². The zero-order valence-electron chi connectivity index (χ0n) is 13.9. The number of nitrogens with one attached hydrogen (secondary N) is 2. The maximum absolute atomic E-state index is 12.3. The molecule has 5 nitrogen and oxygen atoms in total. The van der Waals surface area contributed by atoms with Gasteiger partial charge >= 0.3 is 0 Å². The number of hydrogen-bond acceptors (Lipinski definition) is 3. The van der Waals surface area contributed by atoms with E-state index in [0.29, 0.717) is 17.8 Å². The van der Waals surface area contributed by atoms with Crippen LogP contribution in [0.25, 0.3) is 0 Å². The third kappa shape index (κ3) is 4.56. The Bertz CT molecular complexity index is 497. The Morgan fingerprint density at radius 1 is 1.14 bits per heavy atom. The van der Waals surface area contributed by atoms with E-state index in [1.807, 2.05) is 27.7 Å². The molecule has 0 aliphatic heterocycles. The second-order valence-electron chi connectivity index (χ2n) is 5.87. The summed E-state index contributed by atoms with van der Waals surface area (Å²) in [6.07, 6.45) is 1.57. The third-order valence-electron chi connectivity index (χ3n) is 4.06. The molecule has 0 unspecified atom stereocenters. The van der Waals surface area contributed by atoms with Gasteiger partial charge in [-0.3, -0.25) is 9.59 Å². The van der Waals surface area contributed by atoms with Gasteiger partial charge in [0.1, 0.15) is 0 Å². The van der Waals surface area contributed by atoms with Gasteiger partial charge in [-0.1, -0.05) is 27.7 Å². The van der Waals surface area contributed by atoms with Crippen LogP contribution < -0.4 is 16.4 Å². The van der Waals surface area contributed by atoms with Crippen LogP contribution in [-0.2, 0) is 4.79 Å². The second kappa shape index (κ2) is 7.94. The summed E-state index contributed by atoms with van der Waals surface area (Å²) in [6, 6.07) is 6.88. The molecule has 0 saturated heterocycles. The first-order chi connectivity index (χ1) is 10.4. The highest BCUT2D eigenvalue weighted by Gasteiger charge is 2.26.